The van der Waals surface area contributed by atoms with E-state index in [1.807, 2.05) is 31.2 Å². The van der Waals surface area contributed by atoms with Crippen molar-refractivity contribution < 1.29 is 25.2 Å². The van der Waals surface area contributed by atoms with Crippen LogP contribution in [0.3, 0.4) is 0 Å². The lowest BCUT2D eigenvalue weighted by molar-refractivity contribution is -0.121. The number of ketones is 1. The Labute approximate surface area is 163 Å². The van der Waals surface area contributed by atoms with Crippen LogP contribution in [-0.4, -0.2) is 50.6 Å². The number of Topliss-reactive ketones (excluding diaryl/α,β-unsaturated/α-hetero) is 1. The molecule has 0 aromatic heterocycles. The molecule has 0 bridgehead atoms. The van der Waals surface area contributed by atoms with Gasteiger partial charge < -0.3 is 20.4 Å². The SMILES string of the molecule is CCCCC(C)(O)CC=C[C@H]1[C@H](O)CC(=O)[C@@H]1CC=CCCCC(O)CO. The minimum atomic E-state index is -0.741. The zero-order valence-electron chi connectivity index (χ0n) is 16.9. The Bertz CT molecular complexity index is 483. The van der Waals surface area contributed by atoms with Gasteiger partial charge in [-0.05, 0) is 45.4 Å². The fourth-order valence-electron chi connectivity index (χ4n) is 3.59. The van der Waals surface area contributed by atoms with Crippen LogP contribution in [0.2, 0.25) is 0 Å². The molecule has 1 aliphatic carbocycles. The molecule has 5 nitrogen and oxygen atoms in total. The molecule has 27 heavy (non-hydrogen) atoms. The summed E-state index contributed by atoms with van der Waals surface area (Å²) in [5, 5.41) is 38.7. The maximum atomic E-state index is 12.2. The second kappa shape index (κ2) is 12.4. The second-order valence-corrected chi connectivity index (χ2v) is 8.13. The number of allylic oxidation sites excluding steroid dienone is 2. The van der Waals surface area contributed by atoms with Crippen LogP contribution in [0.5, 0.6) is 0 Å². The van der Waals surface area contributed by atoms with Crippen molar-refractivity contribution in [2.24, 2.45) is 11.8 Å². The summed E-state index contributed by atoms with van der Waals surface area (Å²) in [5.74, 6) is -0.313. The number of aliphatic hydroxyl groups excluding tert-OH is 3. The van der Waals surface area contributed by atoms with Crippen molar-refractivity contribution in [2.45, 2.75) is 89.4 Å². The fraction of sp³-hybridized carbons (Fsp3) is 0.773. The van der Waals surface area contributed by atoms with E-state index in [4.69, 9.17) is 5.11 Å². The van der Waals surface area contributed by atoms with Crippen LogP contribution in [0.25, 0.3) is 0 Å². The van der Waals surface area contributed by atoms with Crippen molar-refractivity contribution in [1.82, 2.24) is 0 Å². The van der Waals surface area contributed by atoms with E-state index >= 15 is 0 Å². The highest BCUT2D eigenvalue weighted by Gasteiger charge is 2.39. The summed E-state index contributed by atoms with van der Waals surface area (Å²) >= 11 is 0. The summed E-state index contributed by atoms with van der Waals surface area (Å²) in [6.45, 7) is 3.72. The molecule has 0 aromatic carbocycles. The molecule has 1 fully saturated rings. The summed E-state index contributed by atoms with van der Waals surface area (Å²) in [5.41, 5.74) is -0.741. The van der Waals surface area contributed by atoms with Gasteiger partial charge >= 0.3 is 0 Å². The van der Waals surface area contributed by atoms with Gasteiger partial charge in [0.15, 0.2) is 0 Å². The van der Waals surface area contributed by atoms with E-state index in [1.54, 1.807) is 0 Å². The van der Waals surface area contributed by atoms with Crippen LogP contribution in [0.1, 0.15) is 71.6 Å². The number of unbranched alkanes of at least 4 members (excludes halogenated alkanes) is 2. The molecule has 2 unspecified atom stereocenters. The van der Waals surface area contributed by atoms with Crippen molar-refractivity contribution in [1.29, 1.82) is 0 Å². The van der Waals surface area contributed by atoms with Crippen molar-refractivity contribution in [3.63, 3.8) is 0 Å². The highest BCUT2D eigenvalue weighted by molar-refractivity contribution is 5.84. The van der Waals surface area contributed by atoms with Crippen LogP contribution < -0.4 is 0 Å². The van der Waals surface area contributed by atoms with Gasteiger partial charge in [-0.1, -0.05) is 44.1 Å². The topological polar surface area (TPSA) is 98.0 Å². The Morgan fingerprint density at radius 1 is 1.26 bits per heavy atom. The second-order valence-electron chi connectivity index (χ2n) is 8.13. The first-order valence-corrected chi connectivity index (χ1v) is 10.3. The molecule has 4 N–H and O–H groups in total. The van der Waals surface area contributed by atoms with Gasteiger partial charge in [-0.25, -0.2) is 0 Å². The fourth-order valence-corrected chi connectivity index (χ4v) is 3.59. The number of hydrogen-bond acceptors (Lipinski definition) is 5. The monoisotopic (exact) mass is 382 g/mol. The zero-order chi connectivity index (χ0) is 20.3. The summed E-state index contributed by atoms with van der Waals surface area (Å²) in [7, 11) is 0. The molecular weight excluding hydrogens is 344 g/mol. The molecule has 0 spiro atoms. The Balaban J connectivity index is 2.49. The van der Waals surface area contributed by atoms with Gasteiger partial charge in [-0.2, -0.15) is 0 Å². The van der Waals surface area contributed by atoms with Gasteiger partial charge in [-0.3, -0.25) is 4.79 Å². The smallest absolute Gasteiger partial charge is 0.139 e. The summed E-state index contributed by atoms with van der Waals surface area (Å²) in [6, 6.07) is 0. The summed E-state index contributed by atoms with van der Waals surface area (Å²) in [6.07, 6.45) is 12.7. The molecule has 0 saturated heterocycles. The Kier molecular flexibility index (Phi) is 11.1. The van der Waals surface area contributed by atoms with Crippen LogP contribution in [0.15, 0.2) is 24.3 Å². The minimum Gasteiger partial charge on any atom is -0.394 e. The average Bonchev–Trinajstić information content (AvgIpc) is 2.89. The van der Waals surface area contributed by atoms with E-state index in [2.05, 4.69) is 6.92 Å². The standard InChI is InChI=1S/C22H38O5/c1-3-4-13-22(2,27)14-9-12-19-18(20(25)15-21(19)26)11-8-6-5-7-10-17(24)16-23/h6,8-9,12,17-19,21,23-24,26-27H,3-5,7,10-11,13-16H2,1-2H3/t17?,18-,19-,21-,22?/m1/s1. The van der Waals surface area contributed by atoms with Crippen LogP contribution in [0, 0.1) is 11.8 Å². The third-order valence-corrected chi connectivity index (χ3v) is 5.39. The summed E-state index contributed by atoms with van der Waals surface area (Å²) in [4.78, 5) is 12.2. The number of carbonyl (C=O) groups is 1. The third-order valence-electron chi connectivity index (χ3n) is 5.39. The van der Waals surface area contributed by atoms with Gasteiger partial charge in [0, 0.05) is 18.3 Å². The van der Waals surface area contributed by atoms with Crippen molar-refractivity contribution in [3.05, 3.63) is 24.3 Å². The number of hydrogen-bond donors (Lipinski definition) is 4. The van der Waals surface area contributed by atoms with Crippen molar-refractivity contribution >= 4 is 5.78 Å². The quantitative estimate of drug-likeness (QED) is 0.290. The van der Waals surface area contributed by atoms with E-state index in [9.17, 15) is 20.1 Å². The first-order chi connectivity index (χ1) is 12.8. The van der Waals surface area contributed by atoms with E-state index in [0.29, 0.717) is 19.3 Å². The highest BCUT2D eigenvalue weighted by atomic mass is 16.3. The third kappa shape index (κ3) is 9.15. The molecule has 1 aliphatic rings. The molecule has 1 rings (SSSR count). The Morgan fingerprint density at radius 2 is 2.00 bits per heavy atom. The minimum absolute atomic E-state index is 0.0928. The molecular formula is C22H38O5. The van der Waals surface area contributed by atoms with E-state index < -0.39 is 17.8 Å². The zero-order valence-corrected chi connectivity index (χ0v) is 16.9. The predicted molar refractivity (Wildman–Crippen MR) is 107 cm³/mol. The molecule has 0 amide bonds. The highest BCUT2D eigenvalue weighted by Crippen LogP contribution is 2.33. The summed E-state index contributed by atoms with van der Waals surface area (Å²) < 4.78 is 0. The Hall–Kier alpha value is -1.01. The molecule has 0 radical (unpaired) electrons. The van der Waals surface area contributed by atoms with Crippen molar-refractivity contribution in [3.8, 4) is 0 Å². The van der Waals surface area contributed by atoms with Crippen LogP contribution in [-0.2, 0) is 4.79 Å². The lowest BCUT2D eigenvalue weighted by atomic mass is 9.89. The molecule has 156 valence electrons. The van der Waals surface area contributed by atoms with E-state index in [-0.39, 0.29) is 30.6 Å². The average molecular weight is 383 g/mol. The molecule has 5 heteroatoms. The molecule has 5 atom stereocenters. The van der Waals surface area contributed by atoms with Crippen LogP contribution >= 0.6 is 0 Å². The largest absolute Gasteiger partial charge is 0.394 e. The van der Waals surface area contributed by atoms with Gasteiger partial charge in [0.05, 0.1) is 24.4 Å². The van der Waals surface area contributed by atoms with Gasteiger partial charge in [-0.15, -0.1) is 0 Å². The van der Waals surface area contributed by atoms with Crippen molar-refractivity contribution in [2.75, 3.05) is 6.61 Å². The molecule has 0 aromatic rings. The maximum Gasteiger partial charge on any atom is 0.139 e. The number of rotatable bonds is 13. The normalized spacial score (nSPS) is 26.9. The molecule has 1 saturated carbocycles. The van der Waals surface area contributed by atoms with Gasteiger partial charge in [0.25, 0.3) is 0 Å². The maximum absolute atomic E-state index is 12.2. The number of aliphatic hydroxyl groups is 4. The Morgan fingerprint density at radius 3 is 2.67 bits per heavy atom. The first-order valence-electron chi connectivity index (χ1n) is 10.3. The van der Waals surface area contributed by atoms with E-state index in [0.717, 1.165) is 32.1 Å². The van der Waals surface area contributed by atoms with Gasteiger partial charge in [0.2, 0.25) is 0 Å². The van der Waals surface area contributed by atoms with Crippen LogP contribution in [0.4, 0.5) is 0 Å². The first kappa shape index (κ1) is 24.0. The number of carbonyl (C=O) groups excluding carboxylic acids is 1. The molecule has 0 heterocycles. The lowest BCUT2D eigenvalue weighted by Gasteiger charge is -2.22. The molecule has 0 aliphatic heterocycles. The van der Waals surface area contributed by atoms with E-state index in [1.165, 1.54) is 0 Å². The lowest BCUT2D eigenvalue weighted by Crippen LogP contribution is -2.23. The predicted octanol–water partition coefficient (Wildman–Crippen LogP) is 2.91. The van der Waals surface area contributed by atoms with Gasteiger partial charge in [0.1, 0.15) is 5.78 Å².